The zero-order valence-corrected chi connectivity index (χ0v) is 8.14. The molecule has 0 aliphatic heterocycles. The van der Waals surface area contributed by atoms with E-state index in [4.69, 9.17) is 6.57 Å². The van der Waals surface area contributed by atoms with Gasteiger partial charge in [0.25, 0.3) is 0 Å². The molecule has 0 aliphatic carbocycles. The van der Waals surface area contributed by atoms with E-state index in [0.29, 0.717) is 6.42 Å². The molecule has 1 atom stereocenters. The second kappa shape index (κ2) is 6.02. The average Bonchev–Trinajstić information content (AvgIpc) is 2.04. The van der Waals surface area contributed by atoms with E-state index in [2.05, 4.69) is 11.8 Å². The summed E-state index contributed by atoms with van der Waals surface area (Å²) in [5.74, 6) is 0. The van der Waals surface area contributed by atoms with Crippen LogP contribution >= 0.6 is 0 Å². The van der Waals surface area contributed by atoms with Crippen LogP contribution in [0.5, 0.6) is 0 Å². The van der Waals surface area contributed by atoms with Gasteiger partial charge >= 0.3 is 5.72 Å². The maximum atomic E-state index is 9.33. The highest BCUT2D eigenvalue weighted by Crippen LogP contribution is 2.16. The fourth-order valence-electron chi connectivity index (χ4n) is 1.12. The third-order valence-electron chi connectivity index (χ3n) is 1.99. The van der Waals surface area contributed by atoms with Gasteiger partial charge in [-0.3, -0.25) is 4.85 Å². The summed E-state index contributed by atoms with van der Waals surface area (Å²) in [5.41, 5.74) is -1.12. The summed E-state index contributed by atoms with van der Waals surface area (Å²) >= 11 is 0. The minimum atomic E-state index is -1.12. The van der Waals surface area contributed by atoms with Crippen LogP contribution in [-0.2, 0) is 0 Å². The highest BCUT2D eigenvalue weighted by Gasteiger charge is 2.23. The molecule has 0 aromatic heterocycles. The van der Waals surface area contributed by atoms with Crippen LogP contribution in [0, 0.1) is 6.57 Å². The lowest BCUT2D eigenvalue weighted by Crippen LogP contribution is -2.17. The monoisotopic (exact) mass is 169 g/mol. The van der Waals surface area contributed by atoms with Gasteiger partial charge in [0.05, 0.1) is 6.42 Å². The van der Waals surface area contributed by atoms with Gasteiger partial charge < -0.3 is 5.11 Å². The first-order valence-electron chi connectivity index (χ1n) is 4.73. The molecule has 70 valence electrons. The molecule has 1 N–H and O–H groups in total. The van der Waals surface area contributed by atoms with E-state index in [-0.39, 0.29) is 0 Å². The van der Waals surface area contributed by atoms with Crippen LogP contribution < -0.4 is 0 Å². The van der Waals surface area contributed by atoms with Crippen molar-refractivity contribution in [1.82, 2.24) is 0 Å². The van der Waals surface area contributed by atoms with Crippen molar-refractivity contribution in [2.75, 3.05) is 0 Å². The smallest absolute Gasteiger partial charge is 0.324 e. The molecule has 12 heavy (non-hydrogen) atoms. The molecule has 0 bridgehead atoms. The van der Waals surface area contributed by atoms with Crippen molar-refractivity contribution >= 4 is 0 Å². The van der Waals surface area contributed by atoms with E-state index < -0.39 is 5.72 Å². The molecule has 0 saturated heterocycles. The minimum Gasteiger partial charge on any atom is -0.324 e. The van der Waals surface area contributed by atoms with Gasteiger partial charge in [0.15, 0.2) is 0 Å². The molecule has 0 heterocycles. The van der Waals surface area contributed by atoms with Crippen LogP contribution in [0.25, 0.3) is 4.85 Å². The fraction of sp³-hybridized carbons (Fsp3) is 0.900. The van der Waals surface area contributed by atoms with Crippen LogP contribution in [0.3, 0.4) is 0 Å². The normalized spacial score (nSPS) is 15.2. The van der Waals surface area contributed by atoms with Crippen LogP contribution in [-0.4, -0.2) is 10.8 Å². The van der Waals surface area contributed by atoms with Gasteiger partial charge in [0.2, 0.25) is 0 Å². The summed E-state index contributed by atoms with van der Waals surface area (Å²) < 4.78 is 0. The second-order valence-corrected chi connectivity index (χ2v) is 3.49. The van der Waals surface area contributed by atoms with Crippen LogP contribution in [0.2, 0.25) is 0 Å². The Labute approximate surface area is 75.4 Å². The highest BCUT2D eigenvalue weighted by atomic mass is 16.3. The first-order chi connectivity index (χ1) is 5.62. The SMILES string of the molecule is [C-]#[N+]C(C)(O)CCCCCCC. The molecule has 2 heteroatoms. The van der Waals surface area contributed by atoms with Crippen molar-refractivity contribution in [1.29, 1.82) is 0 Å². The number of unbranched alkanes of at least 4 members (excludes halogenated alkanes) is 4. The summed E-state index contributed by atoms with van der Waals surface area (Å²) in [6, 6.07) is 0. The van der Waals surface area contributed by atoms with Crippen molar-refractivity contribution in [3.05, 3.63) is 11.4 Å². The molecular weight excluding hydrogens is 150 g/mol. The molecule has 0 amide bonds. The van der Waals surface area contributed by atoms with E-state index in [9.17, 15) is 5.11 Å². The summed E-state index contributed by atoms with van der Waals surface area (Å²) in [6.45, 7) is 10.5. The number of hydrogen-bond donors (Lipinski definition) is 1. The number of rotatable bonds is 6. The molecule has 0 aromatic rings. The molecule has 0 fully saturated rings. The van der Waals surface area contributed by atoms with Crippen LogP contribution in [0.1, 0.15) is 52.4 Å². The zero-order chi connectivity index (χ0) is 9.45. The van der Waals surface area contributed by atoms with E-state index in [1.54, 1.807) is 6.92 Å². The third kappa shape index (κ3) is 6.18. The van der Waals surface area contributed by atoms with Crippen LogP contribution in [0.4, 0.5) is 0 Å². The van der Waals surface area contributed by atoms with E-state index in [0.717, 1.165) is 12.8 Å². The fourth-order valence-corrected chi connectivity index (χ4v) is 1.12. The van der Waals surface area contributed by atoms with Gasteiger partial charge in [0, 0.05) is 6.92 Å². The summed E-state index contributed by atoms with van der Waals surface area (Å²) in [7, 11) is 0. The Hall–Kier alpha value is -0.550. The maximum Gasteiger partial charge on any atom is 0.331 e. The molecule has 2 nitrogen and oxygen atoms in total. The zero-order valence-electron chi connectivity index (χ0n) is 8.14. The quantitative estimate of drug-likeness (QED) is 0.480. The van der Waals surface area contributed by atoms with Crippen molar-refractivity contribution in [2.45, 2.75) is 58.1 Å². The molecule has 0 aliphatic rings. The lowest BCUT2D eigenvalue weighted by atomic mass is 10.1. The largest absolute Gasteiger partial charge is 0.331 e. The van der Waals surface area contributed by atoms with Crippen molar-refractivity contribution in [2.24, 2.45) is 0 Å². The molecule has 0 aromatic carbocycles. The number of aliphatic hydroxyl groups is 1. The summed E-state index contributed by atoms with van der Waals surface area (Å²) in [4.78, 5) is 3.14. The second-order valence-electron chi connectivity index (χ2n) is 3.49. The third-order valence-corrected chi connectivity index (χ3v) is 1.99. The van der Waals surface area contributed by atoms with E-state index in [1.165, 1.54) is 19.3 Å². The Balaban J connectivity index is 3.27. The predicted molar refractivity (Wildman–Crippen MR) is 50.6 cm³/mol. The van der Waals surface area contributed by atoms with Crippen molar-refractivity contribution in [3.63, 3.8) is 0 Å². The molecule has 0 rings (SSSR count). The summed E-state index contributed by atoms with van der Waals surface area (Å²) in [5, 5.41) is 9.33. The van der Waals surface area contributed by atoms with Crippen LogP contribution in [0.15, 0.2) is 0 Å². The van der Waals surface area contributed by atoms with Gasteiger partial charge in [-0.05, 0) is 6.42 Å². The molecular formula is C10H19NO. The van der Waals surface area contributed by atoms with E-state index >= 15 is 0 Å². The maximum absolute atomic E-state index is 9.33. The first-order valence-corrected chi connectivity index (χ1v) is 4.73. The van der Waals surface area contributed by atoms with Crippen molar-refractivity contribution < 1.29 is 5.11 Å². The topological polar surface area (TPSA) is 24.6 Å². The Morgan fingerprint density at radius 3 is 2.33 bits per heavy atom. The number of hydrogen-bond acceptors (Lipinski definition) is 1. The molecule has 1 unspecified atom stereocenters. The Morgan fingerprint density at radius 2 is 1.83 bits per heavy atom. The predicted octanol–water partition coefficient (Wildman–Crippen LogP) is 2.97. The first kappa shape index (κ1) is 11.4. The molecule has 0 radical (unpaired) electrons. The average molecular weight is 169 g/mol. The van der Waals surface area contributed by atoms with Gasteiger partial charge in [-0.25, -0.2) is 6.57 Å². The standard InChI is InChI=1S/C10H19NO/c1-4-5-6-7-8-9-10(2,12)11-3/h12H,4-9H2,1-2H3. The molecule has 0 saturated carbocycles. The molecule has 0 spiro atoms. The summed E-state index contributed by atoms with van der Waals surface area (Å²) in [6.07, 6.45) is 6.44. The van der Waals surface area contributed by atoms with Gasteiger partial charge in [-0.15, -0.1) is 0 Å². The van der Waals surface area contributed by atoms with E-state index in [1.807, 2.05) is 0 Å². The Kier molecular flexibility index (Phi) is 5.74. The Morgan fingerprint density at radius 1 is 1.25 bits per heavy atom. The van der Waals surface area contributed by atoms with Gasteiger partial charge in [-0.2, -0.15) is 0 Å². The van der Waals surface area contributed by atoms with Gasteiger partial charge in [0.1, 0.15) is 0 Å². The lowest BCUT2D eigenvalue weighted by Gasteiger charge is -2.08. The highest BCUT2D eigenvalue weighted by molar-refractivity contribution is 4.81. The lowest BCUT2D eigenvalue weighted by molar-refractivity contribution is 0.0957. The minimum absolute atomic E-state index is 0.611. The van der Waals surface area contributed by atoms with Crippen molar-refractivity contribution in [3.8, 4) is 0 Å². The number of nitrogens with zero attached hydrogens (tertiary/aromatic N) is 1. The Bertz CT molecular complexity index is 146. The van der Waals surface area contributed by atoms with Gasteiger partial charge in [-0.1, -0.05) is 32.6 Å².